The molecule has 0 saturated carbocycles. The Labute approximate surface area is 162 Å². The number of halogens is 2. The third-order valence-corrected chi connectivity index (χ3v) is 4.54. The first-order chi connectivity index (χ1) is 12.3. The Morgan fingerprint density at radius 3 is 2.46 bits per heavy atom. The molecular formula is C16H12Cl2N2O5S. The van der Waals surface area contributed by atoms with Crippen molar-refractivity contribution in [3.05, 3.63) is 62.1 Å². The predicted octanol–water partition coefficient (Wildman–Crippen LogP) is 4.42. The Morgan fingerprint density at radius 1 is 1.23 bits per heavy atom. The second-order valence-electron chi connectivity index (χ2n) is 4.86. The van der Waals surface area contributed by atoms with Crippen molar-refractivity contribution in [3.8, 4) is 0 Å². The average Bonchev–Trinajstić information content (AvgIpc) is 2.62. The second-order valence-corrected chi connectivity index (χ2v) is 6.56. The molecule has 0 unspecified atom stereocenters. The normalized spacial score (nSPS) is 10.3. The van der Waals surface area contributed by atoms with Crippen LogP contribution in [0.5, 0.6) is 0 Å². The number of para-hydroxylation sites is 1. The molecule has 1 N–H and O–H groups in total. The maximum Gasteiger partial charge on any atom is 0.345 e. The molecule has 0 bridgehead atoms. The van der Waals surface area contributed by atoms with Gasteiger partial charge in [-0.25, -0.2) is 4.79 Å². The fourth-order valence-corrected chi connectivity index (χ4v) is 2.90. The third kappa shape index (κ3) is 4.87. The van der Waals surface area contributed by atoms with Crippen molar-refractivity contribution in [1.82, 2.24) is 0 Å². The number of nitro groups is 1. The Bertz CT molecular complexity index is 855. The lowest BCUT2D eigenvalue weighted by molar-refractivity contribution is -0.385. The van der Waals surface area contributed by atoms with E-state index in [9.17, 15) is 19.7 Å². The number of nitrogens with zero attached hydrogens (tertiary/aromatic N) is 1. The minimum atomic E-state index is -0.979. The van der Waals surface area contributed by atoms with E-state index in [4.69, 9.17) is 27.9 Å². The summed E-state index contributed by atoms with van der Waals surface area (Å²) in [5, 5.41) is 13.9. The summed E-state index contributed by atoms with van der Waals surface area (Å²) in [4.78, 5) is 35.1. The molecule has 2 aromatic carbocycles. The molecule has 2 rings (SSSR count). The van der Waals surface area contributed by atoms with Crippen molar-refractivity contribution in [2.75, 3.05) is 18.2 Å². The Balaban J connectivity index is 2.09. The number of hydrogen-bond donors (Lipinski definition) is 1. The number of ether oxygens (including phenoxy) is 1. The van der Waals surface area contributed by atoms with Crippen LogP contribution in [0.3, 0.4) is 0 Å². The van der Waals surface area contributed by atoms with Gasteiger partial charge in [-0.3, -0.25) is 14.9 Å². The first-order valence-corrected chi connectivity index (χ1v) is 9.05. The zero-order valence-electron chi connectivity index (χ0n) is 13.3. The van der Waals surface area contributed by atoms with E-state index < -0.39 is 29.1 Å². The third-order valence-electron chi connectivity index (χ3n) is 3.18. The van der Waals surface area contributed by atoms with Gasteiger partial charge in [0.1, 0.15) is 5.56 Å². The second kappa shape index (κ2) is 8.88. The van der Waals surface area contributed by atoms with Crippen molar-refractivity contribution in [2.24, 2.45) is 0 Å². The minimum absolute atomic E-state index is 0.187. The quantitative estimate of drug-likeness (QED) is 0.325. The van der Waals surface area contributed by atoms with Crippen LogP contribution in [0, 0.1) is 10.1 Å². The number of hydrogen-bond acceptors (Lipinski definition) is 6. The monoisotopic (exact) mass is 414 g/mol. The molecule has 0 heterocycles. The van der Waals surface area contributed by atoms with Gasteiger partial charge >= 0.3 is 5.97 Å². The van der Waals surface area contributed by atoms with Gasteiger partial charge in [-0.1, -0.05) is 29.3 Å². The van der Waals surface area contributed by atoms with Crippen LogP contribution in [0.15, 0.2) is 41.3 Å². The SMILES string of the molecule is CSc1ccc([N+](=O)[O-])c(C(=O)OCC(=O)Nc2c(Cl)cccc2Cl)c1. The van der Waals surface area contributed by atoms with Gasteiger partial charge in [-0.2, -0.15) is 0 Å². The molecule has 26 heavy (non-hydrogen) atoms. The molecule has 0 fully saturated rings. The number of carbonyl (C=O) groups is 2. The Kier molecular flexibility index (Phi) is 6.84. The highest BCUT2D eigenvalue weighted by Crippen LogP contribution is 2.30. The summed E-state index contributed by atoms with van der Waals surface area (Å²) in [5.74, 6) is -1.66. The van der Waals surface area contributed by atoms with Gasteiger partial charge in [-0.05, 0) is 30.5 Å². The number of esters is 1. The molecule has 0 aliphatic carbocycles. The molecule has 1 amide bonds. The van der Waals surface area contributed by atoms with Crippen LogP contribution in [0.4, 0.5) is 11.4 Å². The first kappa shape index (κ1) is 20.0. The first-order valence-electron chi connectivity index (χ1n) is 7.07. The number of rotatable bonds is 6. The smallest absolute Gasteiger partial charge is 0.345 e. The zero-order chi connectivity index (χ0) is 19.3. The van der Waals surface area contributed by atoms with Crippen LogP contribution in [0.1, 0.15) is 10.4 Å². The molecule has 7 nitrogen and oxygen atoms in total. The summed E-state index contributed by atoms with van der Waals surface area (Å²) in [6.45, 7) is -0.652. The Hall–Kier alpha value is -2.29. The van der Waals surface area contributed by atoms with Crippen LogP contribution < -0.4 is 5.32 Å². The number of benzene rings is 2. The lowest BCUT2D eigenvalue weighted by Crippen LogP contribution is -2.21. The van der Waals surface area contributed by atoms with Gasteiger partial charge < -0.3 is 10.1 Å². The summed E-state index contributed by atoms with van der Waals surface area (Å²) < 4.78 is 4.88. The summed E-state index contributed by atoms with van der Waals surface area (Å²) in [5.41, 5.74) is -0.444. The van der Waals surface area contributed by atoms with Gasteiger partial charge in [0.05, 0.1) is 20.7 Å². The molecule has 0 aromatic heterocycles. The van der Waals surface area contributed by atoms with Crippen molar-refractivity contribution in [3.63, 3.8) is 0 Å². The highest BCUT2D eigenvalue weighted by atomic mass is 35.5. The van der Waals surface area contributed by atoms with Crippen LogP contribution in [-0.4, -0.2) is 29.7 Å². The molecule has 136 valence electrons. The summed E-state index contributed by atoms with van der Waals surface area (Å²) in [6, 6.07) is 8.75. The highest BCUT2D eigenvalue weighted by molar-refractivity contribution is 7.98. The molecule has 0 aliphatic rings. The van der Waals surface area contributed by atoms with Gasteiger partial charge in [0.15, 0.2) is 6.61 Å². The van der Waals surface area contributed by atoms with E-state index in [-0.39, 0.29) is 21.3 Å². The van der Waals surface area contributed by atoms with Crippen LogP contribution in [-0.2, 0) is 9.53 Å². The number of anilines is 1. The number of carbonyl (C=O) groups excluding carboxylic acids is 2. The van der Waals surface area contributed by atoms with Crippen LogP contribution in [0.25, 0.3) is 0 Å². The van der Waals surface area contributed by atoms with Gasteiger partial charge in [0, 0.05) is 11.0 Å². The van der Waals surface area contributed by atoms with Crippen molar-refractivity contribution < 1.29 is 19.2 Å². The van der Waals surface area contributed by atoms with Crippen molar-refractivity contribution >= 4 is 58.2 Å². The molecule has 0 aliphatic heterocycles. The average molecular weight is 415 g/mol. The maximum atomic E-state index is 12.2. The van der Waals surface area contributed by atoms with E-state index in [0.717, 1.165) is 0 Å². The standard InChI is InChI=1S/C16H12Cl2N2O5S/c1-26-9-5-6-13(20(23)24)10(7-9)16(22)25-8-14(21)19-15-11(17)3-2-4-12(15)18/h2-7H,8H2,1H3,(H,19,21). The number of thioether (sulfide) groups is 1. The maximum absolute atomic E-state index is 12.2. The predicted molar refractivity (Wildman–Crippen MR) is 100 cm³/mol. The van der Waals surface area contributed by atoms with E-state index in [1.807, 2.05) is 0 Å². The summed E-state index contributed by atoms with van der Waals surface area (Å²) in [7, 11) is 0. The van der Waals surface area contributed by atoms with E-state index in [2.05, 4.69) is 5.32 Å². The lowest BCUT2D eigenvalue weighted by Gasteiger charge is -2.10. The summed E-state index contributed by atoms with van der Waals surface area (Å²) in [6.07, 6.45) is 1.76. The van der Waals surface area contributed by atoms with Crippen molar-refractivity contribution in [2.45, 2.75) is 4.90 Å². The fraction of sp³-hybridized carbons (Fsp3) is 0.125. The number of nitrogens with one attached hydrogen (secondary N) is 1. The fourth-order valence-electron chi connectivity index (χ4n) is 1.97. The summed E-state index contributed by atoms with van der Waals surface area (Å²) >= 11 is 13.2. The van der Waals surface area contributed by atoms with E-state index in [1.165, 1.54) is 42.1 Å². The molecule has 10 heteroatoms. The highest BCUT2D eigenvalue weighted by Gasteiger charge is 2.23. The molecule has 0 atom stereocenters. The number of amides is 1. The largest absolute Gasteiger partial charge is 0.452 e. The van der Waals surface area contributed by atoms with E-state index in [0.29, 0.717) is 4.90 Å². The van der Waals surface area contributed by atoms with Crippen LogP contribution >= 0.6 is 35.0 Å². The van der Waals surface area contributed by atoms with Gasteiger partial charge in [0.25, 0.3) is 11.6 Å². The molecule has 2 aromatic rings. The molecule has 0 radical (unpaired) electrons. The van der Waals surface area contributed by atoms with Crippen molar-refractivity contribution in [1.29, 1.82) is 0 Å². The van der Waals surface area contributed by atoms with E-state index >= 15 is 0 Å². The van der Waals surface area contributed by atoms with Crippen LogP contribution in [0.2, 0.25) is 10.0 Å². The molecule has 0 saturated heterocycles. The zero-order valence-corrected chi connectivity index (χ0v) is 15.7. The van der Waals surface area contributed by atoms with E-state index in [1.54, 1.807) is 12.3 Å². The van der Waals surface area contributed by atoms with Gasteiger partial charge in [-0.15, -0.1) is 11.8 Å². The Morgan fingerprint density at radius 2 is 1.88 bits per heavy atom. The lowest BCUT2D eigenvalue weighted by atomic mass is 10.2. The number of nitro benzene ring substituents is 1. The van der Waals surface area contributed by atoms with Gasteiger partial charge in [0.2, 0.25) is 0 Å². The molecule has 0 spiro atoms. The molecular weight excluding hydrogens is 403 g/mol. The topological polar surface area (TPSA) is 98.5 Å². The minimum Gasteiger partial charge on any atom is -0.452 e.